The van der Waals surface area contributed by atoms with Crippen molar-refractivity contribution in [1.82, 2.24) is 5.32 Å². The molecule has 0 spiro atoms. The zero-order valence-electron chi connectivity index (χ0n) is 10.8. The van der Waals surface area contributed by atoms with Crippen LogP contribution in [0.2, 0.25) is 0 Å². The molecule has 2 atom stereocenters. The molecule has 110 valence electrons. The van der Waals surface area contributed by atoms with Gasteiger partial charge >= 0.3 is 6.36 Å². The van der Waals surface area contributed by atoms with Gasteiger partial charge in [0.05, 0.1) is 6.61 Å². The molecule has 0 aromatic heterocycles. The van der Waals surface area contributed by atoms with Gasteiger partial charge < -0.3 is 15.2 Å². The van der Waals surface area contributed by atoms with E-state index >= 15 is 0 Å². The summed E-state index contributed by atoms with van der Waals surface area (Å²) >= 11 is 0. The smallest absolute Gasteiger partial charge is 0.406 e. The Labute approximate surface area is 114 Å². The molecule has 2 fully saturated rings. The predicted molar refractivity (Wildman–Crippen MR) is 66.4 cm³/mol. The Morgan fingerprint density at radius 1 is 1.25 bits per heavy atom. The summed E-state index contributed by atoms with van der Waals surface area (Å²) in [7, 11) is 0. The Morgan fingerprint density at radius 2 is 1.95 bits per heavy atom. The number of ether oxygens (including phenoxy) is 1. The second-order valence-electron chi connectivity index (χ2n) is 5.70. The molecule has 0 amide bonds. The lowest BCUT2D eigenvalue weighted by atomic mass is 9.81. The average Bonchev–Trinajstić information content (AvgIpc) is 3.09. The highest BCUT2D eigenvalue weighted by molar-refractivity contribution is 5.42. The largest absolute Gasteiger partial charge is 0.573 e. The Bertz CT molecular complexity index is 502. The fourth-order valence-corrected chi connectivity index (χ4v) is 3.54. The van der Waals surface area contributed by atoms with Crippen molar-refractivity contribution in [3.8, 4) is 5.75 Å². The Hall–Kier alpha value is -1.27. The first-order valence-electron chi connectivity index (χ1n) is 6.59. The number of rotatable bonds is 3. The lowest BCUT2D eigenvalue weighted by Crippen LogP contribution is -2.40. The molecule has 1 aliphatic carbocycles. The van der Waals surface area contributed by atoms with Gasteiger partial charge in [-0.25, -0.2) is 0 Å². The van der Waals surface area contributed by atoms with E-state index in [4.69, 9.17) is 0 Å². The van der Waals surface area contributed by atoms with Crippen molar-refractivity contribution in [1.29, 1.82) is 0 Å². The van der Waals surface area contributed by atoms with E-state index in [2.05, 4.69) is 10.1 Å². The van der Waals surface area contributed by atoms with Crippen molar-refractivity contribution in [3.05, 3.63) is 29.8 Å². The third kappa shape index (κ3) is 2.07. The molecule has 1 aromatic rings. The lowest BCUT2D eigenvalue weighted by molar-refractivity contribution is -0.274. The molecule has 0 bridgehead atoms. The standard InChI is InChI=1S/C14H16F3NO2/c15-14(16,17)20-11-3-1-10(2-4-11)13-5-6-18-8-12(13,7-13)9-19/h1-4,18-19H,5-9H2/t12-,13-/m1/s1. The van der Waals surface area contributed by atoms with Crippen LogP contribution < -0.4 is 10.1 Å². The van der Waals surface area contributed by atoms with Crippen molar-refractivity contribution >= 4 is 0 Å². The van der Waals surface area contributed by atoms with Crippen LogP contribution >= 0.6 is 0 Å². The van der Waals surface area contributed by atoms with Gasteiger partial charge in [0.1, 0.15) is 5.75 Å². The van der Waals surface area contributed by atoms with Crippen LogP contribution in [-0.2, 0) is 5.41 Å². The van der Waals surface area contributed by atoms with Gasteiger partial charge in [0.25, 0.3) is 0 Å². The highest BCUT2D eigenvalue weighted by Gasteiger charge is 2.68. The number of nitrogens with one attached hydrogen (secondary N) is 1. The maximum absolute atomic E-state index is 12.1. The van der Waals surface area contributed by atoms with E-state index < -0.39 is 6.36 Å². The molecule has 2 N–H and O–H groups in total. The van der Waals surface area contributed by atoms with Crippen molar-refractivity contribution in [2.75, 3.05) is 19.7 Å². The van der Waals surface area contributed by atoms with Crippen LogP contribution in [0.1, 0.15) is 18.4 Å². The molecule has 1 heterocycles. The molecule has 3 nitrogen and oxygen atoms in total. The quantitative estimate of drug-likeness (QED) is 0.895. The molecule has 1 saturated carbocycles. The summed E-state index contributed by atoms with van der Waals surface area (Å²) in [6, 6.07) is 6.06. The lowest BCUT2D eigenvalue weighted by Gasteiger charge is -2.30. The normalized spacial score (nSPS) is 32.6. The third-order valence-corrected chi connectivity index (χ3v) is 4.67. The number of hydrogen-bond donors (Lipinski definition) is 2. The fourth-order valence-electron chi connectivity index (χ4n) is 3.54. The summed E-state index contributed by atoms with van der Waals surface area (Å²) in [5, 5.41) is 12.9. The zero-order valence-corrected chi connectivity index (χ0v) is 10.8. The van der Waals surface area contributed by atoms with Gasteiger partial charge in [0.15, 0.2) is 0 Å². The highest BCUT2D eigenvalue weighted by Crippen LogP contribution is 2.67. The number of fused-ring (bicyclic) bond motifs is 1. The maximum atomic E-state index is 12.1. The number of alkyl halides is 3. The number of piperidine rings is 1. The molecule has 1 saturated heterocycles. The summed E-state index contributed by atoms with van der Waals surface area (Å²) < 4.78 is 40.3. The van der Waals surface area contributed by atoms with Crippen molar-refractivity contribution < 1.29 is 23.0 Å². The molecule has 0 radical (unpaired) electrons. The van der Waals surface area contributed by atoms with Gasteiger partial charge in [-0.3, -0.25) is 0 Å². The topological polar surface area (TPSA) is 41.5 Å². The minimum absolute atomic E-state index is 0.0935. The summed E-state index contributed by atoms with van der Waals surface area (Å²) in [6.07, 6.45) is -2.89. The zero-order chi connectivity index (χ0) is 14.4. The van der Waals surface area contributed by atoms with E-state index in [9.17, 15) is 18.3 Å². The third-order valence-electron chi connectivity index (χ3n) is 4.67. The molecule has 1 aromatic carbocycles. The van der Waals surface area contributed by atoms with E-state index in [0.29, 0.717) is 0 Å². The van der Waals surface area contributed by atoms with E-state index in [-0.39, 0.29) is 23.2 Å². The second kappa shape index (κ2) is 4.36. The molecule has 0 unspecified atom stereocenters. The van der Waals surface area contributed by atoms with Crippen LogP contribution in [-0.4, -0.2) is 31.2 Å². The summed E-state index contributed by atoms with van der Waals surface area (Å²) in [5.74, 6) is -0.207. The molecule has 20 heavy (non-hydrogen) atoms. The minimum atomic E-state index is -4.66. The fraction of sp³-hybridized carbons (Fsp3) is 0.571. The van der Waals surface area contributed by atoms with Crippen molar-refractivity contribution in [2.45, 2.75) is 24.6 Å². The van der Waals surface area contributed by atoms with Gasteiger partial charge in [-0.15, -0.1) is 13.2 Å². The first-order chi connectivity index (χ1) is 9.41. The van der Waals surface area contributed by atoms with Crippen LogP contribution in [0.3, 0.4) is 0 Å². The van der Waals surface area contributed by atoms with Gasteiger partial charge in [-0.2, -0.15) is 0 Å². The minimum Gasteiger partial charge on any atom is -0.406 e. The van der Waals surface area contributed by atoms with Crippen molar-refractivity contribution in [3.63, 3.8) is 0 Å². The van der Waals surface area contributed by atoms with Gasteiger partial charge in [-0.1, -0.05) is 12.1 Å². The monoisotopic (exact) mass is 287 g/mol. The van der Waals surface area contributed by atoms with Crippen LogP contribution in [0.5, 0.6) is 5.75 Å². The number of benzene rings is 1. The number of hydrogen-bond acceptors (Lipinski definition) is 3. The van der Waals surface area contributed by atoms with E-state index in [1.165, 1.54) is 12.1 Å². The second-order valence-corrected chi connectivity index (χ2v) is 5.70. The molecular formula is C14H16F3NO2. The van der Waals surface area contributed by atoms with Gasteiger partial charge in [-0.05, 0) is 37.1 Å². The molecule has 6 heteroatoms. The summed E-state index contributed by atoms with van der Waals surface area (Å²) in [5.41, 5.74) is 0.740. The number of aliphatic hydroxyl groups excluding tert-OH is 1. The molecule has 1 aliphatic heterocycles. The van der Waals surface area contributed by atoms with Crippen LogP contribution in [0.25, 0.3) is 0 Å². The van der Waals surface area contributed by atoms with Crippen LogP contribution in [0.15, 0.2) is 24.3 Å². The van der Waals surface area contributed by atoms with E-state index in [0.717, 1.165) is 31.5 Å². The van der Waals surface area contributed by atoms with Crippen molar-refractivity contribution in [2.24, 2.45) is 5.41 Å². The Balaban J connectivity index is 1.82. The highest BCUT2D eigenvalue weighted by atomic mass is 19.4. The van der Waals surface area contributed by atoms with Gasteiger partial charge in [0, 0.05) is 17.4 Å². The summed E-state index contributed by atoms with van der Waals surface area (Å²) in [4.78, 5) is 0. The number of aliphatic hydroxyl groups is 1. The average molecular weight is 287 g/mol. The van der Waals surface area contributed by atoms with E-state index in [1.807, 2.05) is 0 Å². The molecular weight excluding hydrogens is 271 g/mol. The summed E-state index contributed by atoms with van der Waals surface area (Å²) in [6.45, 7) is 1.72. The Kier molecular flexibility index (Phi) is 2.99. The predicted octanol–water partition coefficient (Wildman–Crippen LogP) is 2.20. The first-order valence-corrected chi connectivity index (χ1v) is 6.59. The SMILES string of the molecule is OC[C@@]12CNCC[C@]1(c1ccc(OC(F)(F)F)cc1)C2. The van der Waals surface area contributed by atoms with Crippen LogP contribution in [0.4, 0.5) is 13.2 Å². The first kappa shape index (κ1) is 13.7. The van der Waals surface area contributed by atoms with Crippen LogP contribution in [0, 0.1) is 5.41 Å². The molecule has 3 rings (SSSR count). The maximum Gasteiger partial charge on any atom is 0.573 e. The van der Waals surface area contributed by atoms with E-state index in [1.54, 1.807) is 12.1 Å². The Morgan fingerprint density at radius 3 is 2.55 bits per heavy atom. The molecule has 2 aliphatic rings. The number of halogens is 3. The van der Waals surface area contributed by atoms with Gasteiger partial charge in [0.2, 0.25) is 0 Å².